The SMILES string of the molecule is Cc1nccn1-c1cc(NC(=O)c2ccc(Nc3nccc(Nc4nccs4)n3)cc2)cc(C(F)(F)F)c1. The van der Waals surface area contributed by atoms with Crippen LogP contribution in [0.1, 0.15) is 21.7 Å². The van der Waals surface area contributed by atoms with E-state index in [1.54, 1.807) is 55.8 Å². The molecule has 5 aromatic rings. The van der Waals surface area contributed by atoms with Crippen LogP contribution in [0.25, 0.3) is 5.69 Å². The molecule has 38 heavy (non-hydrogen) atoms. The molecule has 192 valence electrons. The van der Waals surface area contributed by atoms with Gasteiger partial charge in [-0.2, -0.15) is 18.2 Å². The van der Waals surface area contributed by atoms with E-state index in [9.17, 15) is 18.0 Å². The molecule has 0 bridgehead atoms. The van der Waals surface area contributed by atoms with Gasteiger partial charge in [0.1, 0.15) is 11.6 Å². The Morgan fingerprint density at radius 3 is 2.42 bits per heavy atom. The van der Waals surface area contributed by atoms with Crippen LogP contribution in [0.2, 0.25) is 0 Å². The summed E-state index contributed by atoms with van der Waals surface area (Å²) in [7, 11) is 0. The van der Waals surface area contributed by atoms with E-state index in [2.05, 4.69) is 35.9 Å². The Hall–Kier alpha value is -4.78. The number of carbonyl (C=O) groups excluding carboxylic acids is 1. The van der Waals surface area contributed by atoms with Crippen molar-refractivity contribution in [3.05, 3.63) is 95.6 Å². The molecule has 3 N–H and O–H groups in total. The fourth-order valence-corrected chi connectivity index (χ4v) is 4.09. The molecule has 0 saturated heterocycles. The predicted molar refractivity (Wildman–Crippen MR) is 138 cm³/mol. The van der Waals surface area contributed by atoms with Crippen molar-refractivity contribution in [2.24, 2.45) is 0 Å². The molecule has 0 aliphatic carbocycles. The number of rotatable bonds is 7. The highest BCUT2D eigenvalue weighted by atomic mass is 32.1. The third-order valence-electron chi connectivity index (χ3n) is 5.33. The first-order valence-electron chi connectivity index (χ1n) is 11.2. The Bertz CT molecular complexity index is 1570. The quantitative estimate of drug-likeness (QED) is 0.228. The van der Waals surface area contributed by atoms with Crippen molar-refractivity contribution in [1.82, 2.24) is 24.5 Å². The molecule has 0 fully saturated rings. The zero-order valence-corrected chi connectivity index (χ0v) is 20.5. The van der Waals surface area contributed by atoms with Crippen LogP contribution in [0.4, 0.5) is 41.4 Å². The second kappa shape index (κ2) is 10.3. The topological polar surface area (TPSA) is 110 Å². The van der Waals surface area contributed by atoms with Crippen LogP contribution in [0, 0.1) is 6.92 Å². The minimum atomic E-state index is -4.59. The third kappa shape index (κ3) is 5.78. The molecule has 0 radical (unpaired) electrons. The molecule has 1 amide bonds. The lowest BCUT2D eigenvalue weighted by Gasteiger charge is -2.14. The number of nitrogens with zero attached hydrogens (tertiary/aromatic N) is 5. The van der Waals surface area contributed by atoms with Crippen molar-refractivity contribution < 1.29 is 18.0 Å². The fraction of sp³-hybridized carbons (Fsp3) is 0.0800. The molecule has 3 heterocycles. The Kier molecular flexibility index (Phi) is 6.75. The molecule has 2 aromatic carbocycles. The highest BCUT2D eigenvalue weighted by Gasteiger charge is 2.31. The maximum atomic E-state index is 13.5. The second-order valence-corrected chi connectivity index (χ2v) is 8.89. The van der Waals surface area contributed by atoms with Crippen LogP contribution < -0.4 is 16.0 Å². The monoisotopic (exact) mass is 536 g/mol. The molecule has 9 nitrogen and oxygen atoms in total. The van der Waals surface area contributed by atoms with Crippen LogP contribution in [-0.2, 0) is 6.18 Å². The van der Waals surface area contributed by atoms with E-state index in [1.807, 2.05) is 5.38 Å². The molecule has 5 rings (SSSR count). The molecule has 3 aromatic heterocycles. The van der Waals surface area contributed by atoms with Gasteiger partial charge < -0.3 is 20.5 Å². The number of anilines is 5. The minimum absolute atomic E-state index is 0.00747. The van der Waals surface area contributed by atoms with E-state index in [1.165, 1.54) is 28.2 Å². The number of aromatic nitrogens is 5. The van der Waals surface area contributed by atoms with Gasteiger partial charge in [-0.15, -0.1) is 11.3 Å². The zero-order chi connectivity index (χ0) is 26.7. The molecule has 0 saturated carbocycles. The molecule has 13 heteroatoms. The summed E-state index contributed by atoms with van der Waals surface area (Å²) in [6.07, 6.45) is 1.71. The molecule has 0 unspecified atom stereocenters. The minimum Gasteiger partial charge on any atom is -0.324 e. The number of aryl methyl sites for hydroxylation is 1. The van der Waals surface area contributed by atoms with E-state index in [0.717, 1.165) is 12.1 Å². The van der Waals surface area contributed by atoms with Crippen LogP contribution in [0.5, 0.6) is 0 Å². The van der Waals surface area contributed by atoms with Gasteiger partial charge in [-0.3, -0.25) is 4.79 Å². The average Bonchev–Trinajstić information content (AvgIpc) is 3.55. The van der Waals surface area contributed by atoms with E-state index in [-0.39, 0.29) is 16.9 Å². The zero-order valence-electron chi connectivity index (χ0n) is 19.7. The van der Waals surface area contributed by atoms with Crippen LogP contribution in [-0.4, -0.2) is 30.4 Å². The van der Waals surface area contributed by atoms with Crippen molar-refractivity contribution in [1.29, 1.82) is 0 Å². The third-order valence-corrected chi connectivity index (χ3v) is 6.02. The lowest BCUT2D eigenvalue weighted by atomic mass is 10.1. The Labute approximate surface area is 218 Å². The second-order valence-electron chi connectivity index (χ2n) is 7.99. The normalized spacial score (nSPS) is 11.3. The summed E-state index contributed by atoms with van der Waals surface area (Å²) in [6, 6.07) is 11.4. The number of carbonyl (C=O) groups is 1. The first-order valence-corrected chi connectivity index (χ1v) is 12.0. The van der Waals surface area contributed by atoms with E-state index < -0.39 is 17.6 Å². The number of halogens is 3. The van der Waals surface area contributed by atoms with Crippen molar-refractivity contribution in [3.63, 3.8) is 0 Å². The van der Waals surface area contributed by atoms with Gasteiger partial charge in [-0.05, 0) is 55.5 Å². The Balaban J connectivity index is 1.30. The van der Waals surface area contributed by atoms with Crippen LogP contribution >= 0.6 is 11.3 Å². The van der Waals surface area contributed by atoms with Crippen molar-refractivity contribution in [2.45, 2.75) is 13.1 Å². The molecular formula is C25H19F3N8OS. The number of benzene rings is 2. The van der Waals surface area contributed by atoms with Gasteiger partial charge in [-0.1, -0.05) is 0 Å². The van der Waals surface area contributed by atoms with Gasteiger partial charge >= 0.3 is 6.18 Å². The lowest BCUT2D eigenvalue weighted by molar-refractivity contribution is -0.137. The summed E-state index contributed by atoms with van der Waals surface area (Å²) in [5, 5.41) is 11.2. The number of nitrogens with one attached hydrogen (secondary N) is 3. The Morgan fingerprint density at radius 2 is 1.74 bits per heavy atom. The highest BCUT2D eigenvalue weighted by Crippen LogP contribution is 2.33. The van der Waals surface area contributed by atoms with Gasteiger partial charge in [0.2, 0.25) is 5.95 Å². The van der Waals surface area contributed by atoms with Gasteiger partial charge in [-0.25, -0.2) is 15.0 Å². The van der Waals surface area contributed by atoms with Crippen molar-refractivity contribution in [3.8, 4) is 5.69 Å². The number of hydrogen-bond donors (Lipinski definition) is 3. The van der Waals surface area contributed by atoms with Gasteiger partial charge in [0.05, 0.1) is 5.56 Å². The summed E-state index contributed by atoms with van der Waals surface area (Å²) in [4.78, 5) is 29.6. The number of thiazole rings is 1. The van der Waals surface area contributed by atoms with Crippen LogP contribution in [0.3, 0.4) is 0 Å². The number of imidazole rings is 1. The number of alkyl halides is 3. The fourth-order valence-electron chi connectivity index (χ4n) is 3.56. The summed E-state index contributed by atoms with van der Waals surface area (Å²) in [6.45, 7) is 1.67. The first kappa shape index (κ1) is 24.9. The Morgan fingerprint density at radius 1 is 0.921 bits per heavy atom. The highest BCUT2D eigenvalue weighted by molar-refractivity contribution is 7.13. The lowest BCUT2D eigenvalue weighted by Crippen LogP contribution is -2.14. The van der Waals surface area contributed by atoms with Crippen LogP contribution in [0.15, 0.2) is 78.7 Å². The maximum Gasteiger partial charge on any atom is 0.416 e. The molecular weight excluding hydrogens is 517 g/mol. The van der Waals surface area contributed by atoms with Crippen molar-refractivity contribution in [2.75, 3.05) is 16.0 Å². The molecule has 0 aliphatic rings. The summed E-state index contributed by atoms with van der Waals surface area (Å²) >= 11 is 1.43. The van der Waals surface area contributed by atoms with E-state index >= 15 is 0 Å². The summed E-state index contributed by atoms with van der Waals surface area (Å²) in [5.41, 5.74) is 0.229. The number of amides is 1. The maximum absolute atomic E-state index is 13.5. The largest absolute Gasteiger partial charge is 0.416 e. The van der Waals surface area contributed by atoms with Gasteiger partial charge in [0, 0.05) is 52.8 Å². The smallest absolute Gasteiger partial charge is 0.324 e. The van der Waals surface area contributed by atoms with Crippen molar-refractivity contribution >= 4 is 45.5 Å². The van der Waals surface area contributed by atoms with E-state index in [4.69, 9.17) is 0 Å². The first-order chi connectivity index (χ1) is 18.2. The van der Waals surface area contributed by atoms with Gasteiger partial charge in [0.25, 0.3) is 5.91 Å². The average molecular weight is 537 g/mol. The standard InChI is InChI=1S/C25H19F3N8OS/c1-15-29-8-10-36(15)20-13-17(25(26,27)28)12-19(14-20)32-22(37)16-2-4-18(5-3-16)33-23-30-7-6-21(34-23)35-24-31-9-11-38-24/h2-14H,1H3,(H,32,37)(H2,30,31,33,34,35). The summed E-state index contributed by atoms with van der Waals surface area (Å²) < 4.78 is 42.1. The molecule has 0 spiro atoms. The van der Waals surface area contributed by atoms with Gasteiger partial charge in [0.15, 0.2) is 5.13 Å². The van der Waals surface area contributed by atoms with E-state index in [0.29, 0.717) is 28.4 Å². The summed E-state index contributed by atoms with van der Waals surface area (Å²) in [5.74, 6) is 0.836. The predicted octanol–water partition coefficient (Wildman–Crippen LogP) is 6.19. The molecule has 0 atom stereocenters. The molecule has 0 aliphatic heterocycles. The number of hydrogen-bond acceptors (Lipinski definition) is 8.